The van der Waals surface area contributed by atoms with Gasteiger partial charge in [0.1, 0.15) is 12.4 Å². The molecule has 0 bridgehead atoms. The summed E-state index contributed by atoms with van der Waals surface area (Å²) in [6.45, 7) is 2.07. The molecule has 1 saturated heterocycles. The summed E-state index contributed by atoms with van der Waals surface area (Å²) in [4.78, 5) is 27.9. The topological polar surface area (TPSA) is 71.1 Å². The maximum absolute atomic E-state index is 12.5. The van der Waals surface area contributed by atoms with E-state index < -0.39 is 0 Å². The number of nitrogens with zero attached hydrogens (tertiary/aromatic N) is 2. The molecule has 0 aliphatic carbocycles. The van der Waals surface area contributed by atoms with Gasteiger partial charge in [0.2, 0.25) is 5.91 Å². The monoisotopic (exact) mass is 349 g/mol. The number of carbonyl (C=O) groups is 2. The average Bonchev–Trinajstić information content (AvgIpc) is 2.61. The fourth-order valence-electron chi connectivity index (χ4n) is 2.84. The molecule has 1 N–H and O–H groups in total. The van der Waals surface area contributed by atoms with Crippen molar-refractivity contribution in [1.82, 2.24) is 9.80 Å². The van der Waals surface area contributed by atoms with Gasteiger partial charge in [-0.05, 0) is 25.0 Å². The predicted molar refractivity (Wildman–Crippen MR) is 95.8 cm³/mol. The van der Waals surface area contributed by atoms with Gasteiger partial charge < -0.3 is 24.6 Å². The van der Waals surface area contributed by atoms with E-state index in [1.165, 1.54) is 0 Å². The lowest BCUT2D eigenvalue weighted by atomic mass is 9.97. The predicted octanol–water partition coefficient (Wildman–Crippen LogP) is 2.04. The molecular formula is C18H27N3O4. The number of amides is 3. The van der Waals surface area contributed by atoms with Crippen LogP contribution in [-0.4, -0.2) is 69.2 Å². The van der Waals surface area contributed by atoms with Crippen molar-refractivity contribution in [2.45, 2.75) is 12.8 Å². The minimum Gasteiger partial charge on any atom is -0.491 e. The highest BCUT2D eigenvalue weighted by Gasteiger charge is 2.29. The molecule has 1 aliphatic rings. The summed E-state index contributed by atoms with van der Waals surface area (Å²) in [5, 5.41) is 2.88. The zero-order valence-corrected chi connectivity index (χ0v) is 15.2. The van der Waals surface area contributed by atoms with E-state index in [0.717, 1.165) is 12.8 Å². The van der Waals surface area contributed by atoms with Gasteiger partial charge in [-0.15, -0.1) is 0 Å². The molecule has 2 rings (SSSR count). The van der Waals surface area contributed by atoms with Gasteiger partial charge in [0, 0.05) is 46.0 Å². The zero-order valence-electron chi connectivity index (χ0n) is 15.2. The van der Waals surface area contributed by atoms with Crippen LogP contribution in [0.1, 0.15) is 12.8 Å². The van der Waals surface area contributed by atoms with Crippen molar-refractivity contribution >= 4 is 17.6 Å². The smallest absolute Gasteiger partial charge is 0.321 e. The molecule has 0 aromatic heterocycles. The number of nitrogens with one attached hydrogen (secondary N) is 1. The summed E-state index contributed by atoms with van der Waals surface area (Å²) in [5.74, 6) is 0.624. The van der Waals surface area contributed by atoms with Gasteiger partial charge >= 0.3 is 6.03 Å². The second kappa shape index (κ2) is 9.27. The molecule has 1 heterocycles. The highest BCUT2D eigenvalue weighted by molar-refractivity contribution is 5.90. The second-order valence-corrected chi connectivity index (χ2v) is 6.32. The summed E-state index contributed by atoms with van der Waals surface area (Å²) < 4.78 is 10.5. The molecule has 1 fully saturated rings. The van der Waals surface area contributed by atoms with Crippen LogP contribution >= 0.6 is 0 Å². The van der Waals surface area contributed by atoms with Gasteiger partial charge in [0.15, 0.2) is 0 Å². The number of urea groups is 1. The van der Waals surface area contributed by atoms with Crippen molar-refractivity contribution in [2.75, 3.05) is 52.8 Å². The van der Waals surface area contributed by atoms with Crippen LogP contribution in [0.5, 0.6) is 5.75 Å². The number of methoxy groups -OCH3 is 1. The van der Waals surface area contributed by atoms with Gasteiger partial charge in [-0.3, -0.25) is 4.79 Å². The maximum Gasteiger partial charge on any atom is 0.321 e. The number of anilines is 1. The SMILES string of the molecule is COCCOc1cccc(NC(=O)N2CCCC(C(=O)N(C)C)C2)c1. The number of likely N-dealkylation sites (tertiary alicyclic amines) is 1. The van der Waals surface area contributed by atoms with Crippen LogP contribution in [0.15, 0.2) is 24.3 Å². The van der Waals surface area contributed by atoms with Crippen LogP contribution in [0.3, 0.4) is 0 Å². The van der Waals surface area contributed by atoms with Gasteiger partial charge in [-0.1, -0.05) is 6.07 Å². The molecule has 0 radical (unpaired) electrons. The van der Waals surface area contributed by atoms with E-state index in [0.29, 0.717) is 37.7 Å². The zero-order chi connectivity index (χ0) is 18.2. The molecule has 1 aromatic carbocycles. The van der Waals surface area contributed by atoms with Crippen LogP contribution in [0, 0.1) is 5.92 Å². The fourth-order valence-corrected chi connectivity index (χ4v) is 2.84. The first-order chi connectivity index (χ1) is 12.0. The Hall–Kier alpha value is -2.28. The molecular weight excluding hydrogens is 322 g/mol. The van der Waals surface area contributed by atoms with Crippen LogP contribution < -0.4 is 10.1 Å². The molecule has 1 aromatic rings. The van der Waals surface area contributed by atoms with Crippen molar-refractivity contribution in [1.29, 1.82) is 0 Å². The largest absolute Gasteiger partial charge is 0.491 e. The van der Waals surface area contributed by atoms with Crippen molar-refractivity contribution in [3.05, 3.63) is 24.3 Å². The quantitative estimate of drug-likeness (QED) is 0.798. The van der Waals surface area contributed by atoms with E-state index >= 15 is 0 Å². The Morgan fingerprint density at radius 2 is 2.12 bits per heavy atom. The third-order valence-electron chi connectivity index (χ3n) is 4.14. The van der Waals surface area contributed by atoms with E-state index in [1.807, 2.05) is 18.2 Å². The molecule has 0 saturated carbocycles. The molecule has 25 heavy (non-hydrogen) atoms. The third kappa shape index (κ3) is 5.63. The molecule has 1 aliphatic heterocycles. The first kappa shape index (κ1) is 19.1. The average molecular weight is 349 g/mol. The van der Waals surface area contributed by atoms with E-state index in [2.05, 4.69) is 5.32 Å². The summed E-state index contributed by atoms with van der Waals surface area (Å²) in [7, 11) is 5.11. The molecule has 1 unspecified atom stereocenters. The summed E-state index contributed by atoms with van der Waals surface area (Å²) >= 11 is 0. The van der Waals surface area contributed by atoms with Crippen molar-refractivity contribution in [2.24, 2.45) is 5.92 Å². The maximum atomic E-state index is 12.5. The van der Waals surface area contributed by atoms with Gasteiger partial charge in [-0.25, -0.2) is 4.79 Å². The van der Waals surface area contributed by atoms with E-state index in [-0.39, 0.29) is 17.9 Å². The summed E-state index contributed by atoms with van der Waals surface area (Å²) in [5.41, 5.74) is 0.668. The van der Waals surface area contributed by atoms with Crippen molar-refractivity contribution in [3.63, 3.8) is 0 Å². The summed E-state index contributed by atoms with van der Waals surface area (Å²) in [6.07, 6.45) is 1.65. The Labute approximate surface area is 148 Å². The Balaban J connectivity index is 1.92. The molecule has 3 amide bonds. The van der Waals surface area contributed by atoms with Crippen molar-refractivity contribution < 1.29 is 19.1 Å². The lowest BCUT2D eigenvalue weighted by Gasteiger charge is -2.33. The van der Waals surface area contributed by atoms with Gasteiger partial charge in [-0.2, -0.15) is 0 Å². The van der Waals surface area contributed by atoms with Crippen LogP contribution in [-0.2, 0) is 9.53 Å². The highest BCUT2D eigenvalue weighted by atomic mass is 16.5. The Morgan fingerprint density at radius 1 is 1.32 bits per heavy atom. The summed E-state index contributed by atoms with van der Waals surface area (Å²) in [6, 6.07) is 7.06. The first-order valence-electron chi connectivity index (χ1n) is 8.50. The first-order valence-corrected chi connectivity index (χ1v) is 8.50. The second-order valence-electron chi connectivity index (χ2n) is 6.32. The molecule has 7 heteroatoms. The number of carbonyl (C=O) groups excluding carboxylic acids is 2. The number of ether oxygens (including phenoxy) is 2. The minimum atomic E-state index is -0.190. The van der Waals surface area contributed by atoms with Crippen LogP contribution in [0.25, 0.3) is 0 Å². The fraction of sp³-hybridized carbons (Fsp3) is 0.556. The molecule has 1 atom stereocenters. The number of piperidine rings is 1. The highest BCUT2D eigenvalue weighted by Crippen LogP contribution is 2.21. The number of hydrogen-bond donors (Lipinski definition) is 1. The van der Waals surface area contributed by atoms with Crippen molar-refractivity contribution in [3.8, 4) is 5.75 Å². The van der Waals surface area contributed by atoms with Gasteiger partial charge in [0.05, 0.1) is 12.5 Å². The lowest BCUT2D eigenvalue weighted by Crippen LogP contribution is -2.46. The number of rotatable bonds is 6. The standard InChI is InChI=1S/C18H27N3O4/c1-20(2)17(22)14-6-5-9-21(13-14)18(23)19-15-7-4-8-16(12-15)25-11-10-24-3/h4,7-8,12,14H,5-6,9-11,13H2,1-3H3,(H,19,23). The van der Waals surface area contributed by atoms with E-state index in [4.69, 9.17) is 9.47 Å². The number of hydrogen-bond acceptors (Lipinski definition) is 4. The Morgan fingerprint density at radius 3 is 2.84 bits per heavy atom. The third-order valence-corrected chi connectivity index (χ3v) is 4.14. The van der Waals surface area contributed by atoms with Gasteiger partial charge in [0.25, 0.3) is 0 Å². The number of benzene rings is 1. The Bertz CT molecular complexity index is 591. The normalized spacial score (nSPS) is 17.1. The van der Waals surface area contributed by atoms with Crippen LogP contribution in [0.2, 0.25) is 0 Å². The van der Waals surface area contributed by atoms with E-state index in [9.17, 15) is 9.59 Å². The van der Waals surface area contributed by atoms with E-state index in [1.54, 1.807) is 37.1 Å². The molecule has 7 nitrogen and oxygen atoms in total. The minimum absolute atomic E-state index is 0.0750. The Kier molecular flexibility index (Phi) is 7.06. The molecule has 138 valence electrons. The van der Waals surface area contributed by atoms with Crippen LogP contribution in [0.4, 0.5) is 10.5 Å². The molecule has 0 spiro atoms. The lowest BCUT2D eigenvalue weighted by molar-refractivity contribution is -0.134.